The van der Waals surface area contributed by atoms with Crippen molar-refractivity contribution in [2.45, 2.75) is 20.3 Å². The third-order valence-electron chi connectivity index (χ3n) is 4.15. The first kappa shape index (κ1) is 20.9. The molecular formula is C19H23ClFN7O. The van der Waals surface area contributed by atoms with E-state index < -0.39 is 0 Å². The van der Waals surface area contributed by atoms with Crippen molar-refractivity contribution in [3.8, 4) is 17.2 Å². The average Bonchev–Trinajstić information content (AvgIpc) is 3.31. The maximum Gasteiger partial charge on any atom is 0.342 e. The number of rotatable bonds is 7. The number of carbonyl (C=O) groups is 1. The quantitative estimate of drug-likeness (QED) is 0.595. The van der Waals surface area contributed by atoms with E-state index in [9.17, 15) is 9.18 Å². The van der Waals surface area contributed by atoms with E-state index in [2.05, 4.69) is 20.6 Å². The molecule has 0 spiro atoms. The third-order valence-corrected chi connectivity index (χ3v) is 4.32. The first-order valence-corrected chi connectivity index (χ1v) is 9.60. The van der Waals surface area contributed by atoms with Gasteiger partial charge in [0.25, 0.3) is 0 Å². The van der Waals surface area contributed by atoms with Crippen LogP contribution in [0.4, 0.5) is 9.18 Å². The molecule has 0 radical (unpaired) electrons. The van der Waals surface area contributed by atoms with Gasteiger partial charge >= 0.3 is 6.03 Å². The molecule has 0 aliphatic carbocycles. The van der Waals surface area contributed by atoms with Crippen LogP contribution in [0.5, 0.6) is 0 Å². The van der Waals surface area contributed by atoms with Gasteiger partial charge < -0.3 is 5.32 Å². The molecule has 0 aliphatic rings. The summed E-state index contributed by atoms with van der Waals surface area (Å²) in [5.41, 5.74) is 0.684. The number of nitrogens with one attached hydrogen (secondary N) is 1. The molecule has 1 N–H and O–H groups in total. The Kier molecular flexibility index (Phi) is 6.60. The van der Waals surface area contributed by atoms with Gasteiger partial charge in [-0.2, -0.15) is 4.68 Å². The van der Waals surface area contributed by atoms with Crippen LogP contribution in [-0.4, -0.2) is 55.1 Å². The second kappa shape index (κ2) is 9.15. The SMILES string of the molecule is CC(C)CNC(=O)n1ccc(-n2c(CCN(C)Cl)nnc2-c2ccc(F)cc2)n1. The average molecular weight is 420 g/mol. The number of amides is 1. The zero-order valence-corrected chi connectivity index (χ0v) is 17.3. The van der Waals surface area contributed by atoms with Gasteiger partial charge in [0.2, 0.25) is 0 Å². The van der Waals surface area contributed by atoms with Crippen LogP contribution < -0.4 is 5.32 Å². The molecule has 0 unspecified atom stereocenters. The summed E-state index contributed by atoms with van der Waals surface area (Å²) in [6.07, 6.45) is 2.09. The van der Waals surface area contributed by atoms with E-state index in [0.717, 1.165) is 0 Å². The zero-order valence-electron chi connectivity index (χ0n) is 16.5. The van der Waals surface area contributed by atoms with Crippen LogP contribution in [-0.2, 0) is 6.42 Å². The molecule has 3 rings (SSSR count). The Morgan fingerprint density at radius 3 is 2.62 bits per heavy atom. The van der Waals surface area contributed by atoms with E-state index in [0.29, 0.717) is 48.5 Å². The largest absolute Gasteiger partial charge is 0.342 e. The molecule has 29 heavy (non-hydrogen) atoms. The lowest BCUT2D eigenvalue weighted by Gasteiger charge is -2.10. The molecule has 0 saturated heterocycles. The Morgan fingerprint density at radius 1 is 1.24 bits per heavy atom. The number of benzene rings is 1. The summed E-state index contributed by atoms with van der Waals surface area (Å²) in [7, 11) is 1.75. The Morgan fingerprint density at radius 2 is 1.97 bits per heavy atom. The van der Waals surface area contributed by atoms with Crippen molar-refractivity contribution in [3.05, 3.63) is 48.2 Å². The molecule has 2 aromatic heterocycles. The summed E-state index contributed by atoms with van der Waals surface area (Å²) in [5.74, 6) is 1.61. The van der Waals surface area contributed by atoms with Gasteiger partial charge in [0.15, 0.2) is 11.6 Å². The number of likely N-dealkylation sites (N-methyl/N-ethyl adjacent to an activating group) is 1. The van der Waals surface area contributed by atoms with Crippen LogP contribution in [0.3, 0.4) is 0 Å². The molecule has 2 heterocycles. The highest BCUT2D eigenvalue weighted by molar-refractivity contribution is 6.13. The molecule has 154 valence electrons. The lowest BCUT2D eigenvalue weighted by atomic mass is 10.2. The molecule has 1 amide bonds. The Labute approximate surface area is 173 Å². The molecule has 10 heteroatoms. The number of hydrogen-bond donors (Lipinski definition) is 1. The summed E-state index contributed by atoms with van der Waals surface area (Å²) >= 11 is 5.93. The molecular weight excluding hydrogens is 397 g/mol. The van der Waals surface area contributed by atoms with Crippen molar-refractivity contribution < 1.29 is 9.18 Å². The highest BCUT2D eigenvalue weighted by atomic mass is 35.5. The van der Waals surface area contributed by atoms with Gasteiger partial charge in [-0.3, -0.25) is 4.57 Å². The predicted molar refractivity (Wildman–Crippen MR) is 108 cm³/mol. The Balaban J connectivity index is 1.96. The first-order valence-electron chi connectivity index (χ1n) is 9.26. The maximum absolute atomic E-state index is 13.3. The van der Waals surface area contributed by atoms with E-state index in [4.69, 9.17) is 11.8 Å². The van der Waals surface area contributed by atoms with E-state index in [1.54, 1.807) is 36.0 Å². The Bertz CT molecular complexity index is 965. The van der Waals surface area contributed by atoms with Crippen LogP contribution in [0.1, 0.15) is 19.7 Å². The fraction of sp³-hybridized carbons (Fsp3) is 0.368. The predicted octanol–water partition coefficient (Wildman–Crippen LogP) is 3.11. The van der Waals surface area contributed by atoms with E-state index in [-0.39, 0.29) is 11.8 Å². The normalized spacial score (nSPS) is 11.4. The van der Waals surface area contributed by atoms with Crippen LogP contribution in [0.15, 0.2) is 36.5 Å². The van der Waals surface area contributed by atoms with Gasteiger partial charge in [-0.05, 0) is 42.0 Å². The van der Waals surface area contributed by atoms with Crippen molar-refractivity contribution in [3.63, 3.8) is 0 Å². The van der Waals surface area contributed by atoms with Crippen molar-refractivity contribution in [2.75, 3.05) is 20.1 Å². The summed E-state index contributed by atoms with van der Waals surface area (Å²) in [6.45, 7) is 5.12. The second-order valence-corrected chi connectivity index (χ2v) is 7.64. The van der Waals surface area contributed by atoms with E-state index in [1.807, 2.05) is 13.8 Å². The molecule has 0 bridgehead atoms. The topological polar surface area (TPSA) is 80.9 Å². The minimum atomic E-state index is -0.338. The van der Waals surface area contributed by atoms with Crippen LogP contribution >= 0.6 is 11.8 Å². The minimum Gasteiger partial charge on any atom is -0.336 e. The van der Waals surface area contributed by atoms with Crippen molar-refractivity contribution >= 4 is 17.8 Å². The molecule has 0 aliphatic heterocycles. The van der Waals surface area contributed by atoms with Crippen molar-refractivity contribution in [2.24, 2.45) is 5.92 Å². The van der Waals surface area contributed by atoms with Gasteiger partial charge in [-0.1, -0.05) is 13.8 Å². The van der Waals surface area contributed by atoms with Crippen LogP contribution in [0.25, 0.3) is 17.2 Å². The molecule has 0 saturated carbocycles. The first-order chi connectivity index (χ1) is 13.8. The van der Waals surface area contributed by atoms with Crippen molar-refractivity contribution in [1.29, 1.82) is 0 Å². The van der Waals surface area contributed by atoms with Gasteiger partial charge in [-0.25, -0.2) is 13.6 Å². The fourth-order valence-corrected chi connectivity index (χ4v) is 2.76. The highest BCUT2D eigenvalue weighted by Gasteiger charge is 2.19. The number of halogens is 2. The molecule has 1 aromatic carbocycles. The monoisotopic (exact) mass is 419 g/mol. The third kappa shape index (κ3) is 5.18. The molecule has 8 nitrogen and oxygen atoms in total. The highest BCUT2D eigenvalue weighted by Crippen LogP contribution is 2.23. The van der Waals surface area contributed by atoms with Crippen LogP contribution in [0.2, 0.25) is 0 Å². The standard InChI is InChI=1S/C19H23ClFN7O/c1-13(2)12-22-19(29)27-11-9-17(25-27)28-16(8-10-26(3)20)23-24-18(28)14-4-6-15(21)7-5-14/h4-7,9,11,13H,8,10,12H2,1-3H3,(H,22,29). The molecule has 0 fully saturated rings. The summed E-state index contributed by atoms with van der Waals surface area (Å²) in [4.78, 5) is 12.3. The van der Waals surface area contributed by atoms with E-state index in [1.165, 1.54) is 21.2 Å². The summed E-state index contributed by atoms with van der Waals surface area (Å²) < 4.78 is 17.9. The lowest BCUT2D eigenvalue weighted by molar-refractivity contribution is 0.238. The van der Waals surface area contributed by atoms with Gasteiger partial charge in [0.05, 0.1) is 0 Å². The lowest BCUT2D eigenvalue weighted by Crippen LogP contribution is -2.31. The minimum absolute atomic E-state index is 0.316. The molecule has 3 aromatic rings. The Hall–Kier alpha value is -2.78. The number of aromatic nitrogens is 5. The number of carbonyl (C=O) groups excluding carboxylic acids is 1. The summed E-state index contributed by atoms with van der Waals surface area (Å²) in [6, 6.07) is 7.36. The van der Waals surface area contributed by atoms with Crippen molar-refractivity contribution in [1.82, 2.24) is 34.3 Å². The fourth-order valence-electron chi connectivity index (χ4n) is 2.68. The van der Waals surface area contributed by atoms with Crippen LogP contribution in [0, 0.1) is 11.7 Å². The second-order valence-electron chi connectivity index (χ2n) is 7.06. The van der Waals surface area contributed by atoms with Gasteiger partial charge in [0, 0.05) is 44.4 Å². The number of hydrogen-bond acceptors (Lipinski definition) is 5. The maximum atomic E-state index is 13.3. The summed E-state index contributed by atoms with van der Waals surface area (Å²) in [5, 5.41) is 15.7. The number of nitrogens with zero attached hydrogens (tertiary/aromatic N) is 6. The van der Waals surface area contributed by atoms with Gasteiger partial charge in [0.1, 0.15) is 11.6 Å². The molecule has 0 atom stereocenters. The van der Waals surface area contributed by atoms with E-state index >= 15 is 0 Å². The van der Waals surface area contributed by atoms with Gasteiger partial charge in [-0.15, -0.1) is 15.3 Å². The zero-order chi connectivity index (χ0) is 21.0. The smallest absolute Gasteiger partial charge is 0.336 e.